The molecule has 4 aromatic carbocycles. The normalized spacial score (nSPS) is 13.8. The molecule has 10 aromatic rings. The van der Waals surface area contributed by atoms with Crippen LogP contribution in [-0.2, 0) is 21.7 Å². The van der Waals surface area contributed by atoms with Gasteiger partial charge in [0.15, 0.2) is 22.3 Å². The van der Waals surface area contributed by atoms with Gasteiger partial charge in [-0.05, 0) is 92.4 Å². The van der Waals surface area contributed by atoms with Gasteiger partial charge in [0.2, 0.25) is 0 Å². The second-order valence-electron chi connectivity index (χ2n) is 19.7. The fraction of sp³-hybridized carbons (Fsp3) is 0.500. The molecule has 60 heavy (non-hydrogen) atoms. The molecule has 324 valence electrons. The minimum absolute atomic E-state index is 0.117. The van der Waals surface area contributed by atoms with Crippen molar-refractivity contribution in [3.8, 4) is 0 Å². The predicted molar refractivity (Wildman–Crippen MR) is 273 cm³/mol. The topological polar surface area (TPSA) is 59.0 Å². The molecule has 10 rings (SSSR count). The van der Waals surface area contributed by atoms with E-state index in [9.17, 15) is 0 Å². The summed E-state index contributed by atoms with van der Waals surface area (Å²) < 4.78 is 42.7. The van der Waals surface area contributed by atoms with E-state index in [1.807, 2.05) is 0 Å². The van der Waals surface area contributed by atoms with Gasteiger partial charge < -0.3 is 16.8 Å². The van der Waals surface area contributed by atoms with Crippen LogP contribution in [0.2, 0.25) is 0 Å². The van der Waals surface area contributed by atoms with Crippen molar-refractivity contribution in [2.45, 2.75) is 132 Å². The third kappa shape index (κ3) is 9.24. The SMILES string of the molecule is CCN(CC)p1oc2c3cc(C(C)(C)C)cc2sc2cc(C(C)(C)C)cc4sc5cc(C(C)(C)C)cc(sc6cc(C(C)(C)C)cc(s3)c6o1)c5op(N(CC)CC)oc42. The number of nitrogens with zero attached hydrogens (tertiary/aromatic N) is 2. The second kappa shape index (κ2) is 16.9. The zero-order chi connectivity index (χ0) is 43.7. The van der Waals surface area contributed by atoms with Crippen LogP contribution in [0.1, 0.15) is 133 Å². The Morgan fingerprint density at radius 1 is 0.350 bits per heavy atom. The van der Waals surface area contributed by atoms with Crippen LogP contribution >= 0.6 is 61.7 Å². The lowest BCUT2D eigenvalue weighted by atomic mass is 9.87. The highest BCUT2D eigenvalue weighted by atomic mass is 32.1. The van der Waals surface area contributed by atoms with Crippen LogP contribution in [0.4, 0.5) is 0 Å². The van der Waals surface area contributed by atoms with E-state index in [-0.39, 0.29) is 21.7 Å². The average molecular weight is 923 g/mol. The first-order valence-corrected chi connectivity index (χ1v) is 26.8. The Bertz CT molecular complexity index is 2520. The first kappa shape index (κ1) is 45.5. The maximum atomic E-state index is 7.36. The molecule has 0 aliphatic rings. The smallest absolute Gasteiger partial charge is 0.309 e. The molecule has 0 radical (unpaired) electrons. The quantitative estimate of drug-likeness (QED) is 0.166. The molecule has 6 heterocycles. The molecule has 0 spiro atoms. The molecule has 12 bridgehead atoms. The minimum Gasteiger partial charge on any atom is -0.405 e. The highest BCUT2D eigenvalue weighted by molar-refractivity contribution is 7.40. The summed E-state index contributed by atoms with van der Waals surface area (Å²) >= 11 is 7.04. The highest BCUT2D eigenvalue weighted by Crippen LogP contribution is 2.47. The van der Waals surface area contributed by atoms with Crippen LogP contribution in [0.15, 0.2) is 65.3 Å². The molecule has 6 nitrogen and oxygen atoms in total. The van der Waals surface area contributed by atoms with Crippen molar-refractivity contribution in [2.75, 3.05) is 35.5 Å². The van der Waals surface area contributed by atoms with Crippen LogP contribution in [0.3, 0.4) is 0 Å². The molecule has 0 saturated carbocycles. The van der Waals surface area contributed by atoms with E-state index < -0.39 is 16.3 Å². The van der Waals surface area contributed by atoms with E-state index in [1.165, 1.54) is 22.3 Å². The average Bonchev–Trinajstić information content (AvgIpc) is 3.12. The summed E-state index contributed by atoms with van der Waals surface area (Å²) in [6, 6.07) is 18.9. The van der Waals surface area contributed by atoms with Gasteiger partial charge >= 0.3 is 16.3 Å². The largest absolute Gasteiger partial charge is 0.405 e. The molecule has 0 fully saturated rings. The first-order chi connectivity index (χ1) is 28.0. The standard InChI is InChI=1S/C48H64N2O4P2S4/c1-17-49(18-2)55-51-41-33-21-29(45(5,6)7)25-37(41)59-39-27-31(47(11,12)13)23-35-43(39)53-56(50(19-3)20-4)54-44-36(58-35)24-32(48(14,15)16)28-40(44)60-38-26-30(46(8,9)10)22-34(57-33)42(38)52-55/h21-28H,17-20H2,1-16H3. The van der Waals surface area contributed by atoms with E-state index >= 15 is 0 Å². The Labute approximate surface area is 374 Å². The Hall–Kier alpha value is -2.52. The number of benzene rings is 4. The van der Waals surface area contributed by atoms with Gasteiger partial charge in [-0.25, -0.2) is 9.34 Å². The lowest BCUT2D eigenvalue weighted by molar-refractivity contribution is 0.590. The first-order valence-electron chi connectivity index (χ1n) is 21.3. The Morgan fingerprint density at radius 3 is 0.650 bits per heavy atom. The summed E-state index contributed by atoms with van der Waals surface area (Å²) in [5.74, 6) is 0. The van der Waals surface area contributed by atoms with Crippen LogP contribution in [-0.4, -0.2) is 26.2 Å². The van der Waals surface area contributed by atoms with Crippen molar-refractivity contribution in [3.63, 3.8) is 0 Å². The molecule has 0 atom stereocenters. The van der Waals surface area contributed by atoms with Gasteiger partial charge in [0, 0.05) is 26.2 Å². The second-order valence-corrected chi connectivity index (χ2v) is 26.9. The lowest BCUT2D eigenvalue weighted by Crippen LogP contribution is -2.17. The summed E-state index contributed by atoms with van der Waals surface area (Å²) in [5, 5.41) is 0. The zero-order valence-electron chi connectivity index (χ0n) is 38.5. The lowest BCUT2D eigenvalue weighted by Gasteiger charge is -2.22. The van der Waals surface area contributed by atoms with E-state index in [0.717, 1.165) is 86.1 Å². The van der Waals surface area contributed by atoms with Gasteiger partial charge in [0.25, 0.3) is 0 Å². The molecule has 6 aromatic heterocycles. The Kier molecular flexibility index (Phi) is 12.8. The Morgan fingerprint density at radius 2 is 0.517 bits per heavy atom. The predicted octanol–water partition coefficient (Wildman–Crippen LogP) is 18.3. The number of rotatable bonds is 6. The maximum absolute atomic E-state index is 7.36. The third-order valence-corrected chi connectivity index (χ3v) is 18.6. The molecule has 0 amide bonds. The summed E-state index contributed by atoms with van der Waals surface area (Å²) in [4.78, 5) is 0. The third-order valence-electron chi connectivity index (χ3n) is 11.0. The monoisotopic (exact) mass is 922 g/mol. The van der Waals surface area contributed by atoms with Gasteiger partial charge in [-0.15, -0.1) is 45.3 Å². The van der Waals surface area contributed by atoms with Crippen molar-refractivity contribution in [1.82, 2.24) is 0 Å². The van der Waals surface area contributed by atoms with Gasteiger partial charge in [-0.1, -0.05) is 111 Å². The van der Waals surface area contributed by atoms with Gasteiger partial charge in [0.1, 0.15) is 0 Å². The molecule has 0 saturated heterocycles. The van der Waals surface area contributed by atoms with Crippen molar-refractivity contribution in [1.29, 1.82) is 0 Å². The Balaban J connectivity index is 1.98. The maximum Gasteiger partial charge on any atom is 0.309 e. The molecular formula is C48H64N2O4P2S4. The minimum atomic E-state index is -1.56. The molecule has 0 unspecified atom stereocenters. The van der Waals surface area contributed by atoms with Crippen LogP contribution in [0.25, 0.3) is 59.9 Å². The fourth-order valence-corrected chi connectivity index (χ4v) is 15.0. The van der Waals surface area contributed by atoms with E-state index in [1.54, 1.807) is 45.3 Å². The summed E-state index contributed by atoms with van der Waals surface area (Å²) in [7, 11) is -3.11. The summed E-state index contributed by atoms with van der Waals surface area (Å²) in [6.45, 7) is 39.6. The summed E-state index contributed by atoms with van der Waals surface area (Å²) in [5.41, 5.74) is 8.01. The van der Waals surface area contributed by atoms with E-state index in [0.29, 0.717) is 0 Å². The van der Waals surface area contributed by atoms with E-state index in [4.69, 9.17) is 16.8 Å². The molecule has 0 aliphatic carbocycles. The van der Waals surface area contributed by atoms with Gasteiger partial charge in [-0.3, -0.25) is 0 Å². The molecule has 0 aliphatic heterocycles. The van der Waals surface area contributed by atoms with Crippen molar-refractivity contribution in [3.05, 3.63) is 70.8 Å². The van der Waals surface area contributed by atoms with Gasteiger partial charge in [-0.2, -0.15) is 0 Å². The molecular weight excluding hydrogens is 859 g/mol. The molecule has 12 heteroatoms. The zero-order valence-corrected chi connectivity index (χ0v) is 43.6. The fourth-order valence-electron chi connectivity index (χ4n) is 6.97. The molecule has 0 N–H and O–H groups in total. The van der Waals surface area contributed by atoms with Crippen molar-refractivity contribution >= 4 is 122 Å². The van der Waals surface area contributed by atoms with Crippen LogP contribution in [0, 0.1) is 0 Å². The van der Waals surface area contributed by atoms with Gasteiger partial charge in [0.05, 0.1) is 37.6 Å². The number of hydrogen-bond acceptors (Lipinski definition) is 10. The van der Waals surface area contributed by atoms with Crippen LogP contribution in [0.5, 0.6) is 0 Å². The van der Waals surface area contributed by atoms with Crippen LogP contribution < -0.4 is 9.34 Å². The van der Waals surface area contributed by atoms with Crippen molar-refractivity contribution < 1.29 is 16.8 Å². The van der Waals surface area contributed by atoms with Crippen molar-refractivity contribution in [2.24, 2.45) is 0 Å². The highest BCUT2D eigenvalue weighted by Gasteiger charge is 2.24. The van der Waals surface area contributed by atoms with E-state index in [2.05, 4.69) is 169 Å². The number of hydrogen-bond donors (Lipinski definition) is 0. The summed E-state index contributed by atoms with van der Waals surface area (Å²) in [6.07, 6.45) is 0.